The molecule has 0 amide bonds. The van der Waals surface area contributed by atoms with Gasteiger partial charge in [-0.1, -0.05) is 6.21 Å². The molecule has 0 rings (SSSR count). The van der Waals surface area contributed by atoms with Crippen LogP contribution < -0.4 is 24.6 Å². The zero-order valence-electron chi connectivity index (χ0n) is 8.87. The van der Waals surface area contributed by atoms with Gasteiger partial charge in [0.2, 0.25) is 0 Å². The number of allylic oxidation sites excluding steroid dienone is 2. The first-order valence-electron chi connectivity index (χ1n) is 3.84. The van der Waals surface area contributed by atoms with Gasteiger partial charge in [0.25, 0.3) is 0 Å². The Labute approximate surface area is 97.6 Å². The molecule has 72 valence electrons. The molecule has 14 heavy (non-hydrogen) atoms. The van der Waals surface area contributed by atoms with E-state index in [-0.39, 0.29) is 24.6 Å². The molecule has 0 aromatic rings. The molecule has 2 N–H and O–H groups in total. The van der Waals surface area contributed by atoms with Crippen LogP contribution in [0.25, 0.3) is 0 Å². The van der Waals surface area contributed by atoms with Crippen molar-refractivity contribution in [2.75, 3.05) is 6.61 Å². The number of nitrogens with two attached hydrogens (primary N) is 1. The van der Waals surface area contributed by atoms with E-state index in [4.69, 9.17) is 23.6 Å². The third-order valence-corrected chi connectivity index (χ3v) is 1.02. The van der Waals surface area contributed by atoms with E-state index in [1.807, 2.05) is 6.92 Å². The van der Waals surface area contributed by atoms with Crippen molar-refractivity contribution in [2.24, 2.45) is 10.7 Å². The normalized spacial score (nSPS) is 10.9. The Kier molecular flexibility index (Phi) is 9.64. The molecule has 0 saturated heterocycles. The molecule has 0 bridgehead atoms. The van der Waals surface area contributed by atoms with Gasteiger partial charge in [0.1, 0.15) is 0 Å². The van der Waals surface area contributed by atoms with Crippen LogP contribution in [0.3, 0.4) is 0 Å². The van der Waals surface area contributed by atoms with Crippen LogP contribution in [0.15, 0.2) is 28.2 Å². The first-order valence-corrected chi connectivity index (χ1v) is 3.84. The fourth-order valence-electron chi connectivity index (χ4n) is 0.557. The molecule has 0 aliphatic rings. The smallest absolute Gasteiger partial charge is 0.578 e. The summed E-state index contributed by atoms with van der Waals surface area (Å²) >= 11 is 0. The first kappa shape index (κ1) is 15.6. The molecule has 0 atom stereocenters. The van der Waals surface area contributed by atoms with Gasteiger partial charge in [-0.05, 0) is 12.7 Å². The number of aliphatic imine (C=N–C) groups is 1. The fraction of sp³-hybridized carbons (Fsp3) is 0.300. The summed E-state index contributed by atoms with van der Waals surface area (Å²) < 4.78 is 5.09. The summed E-state index contributed by atoms with van der Waals surface area (Å²) in [7, 11) is 0. The summed E-state index contributed by atoms with van der Waals surface area (Å²) in [5.74, 6) is 0.354. The Morgan fingerprint density at radius 3 is 2.50 bits per heavy atom. The van der Waals surface area contributed by atoms with Gasteiger partial charge in [0.15, 0.2) is 0 Å². The summed E-state index contributed by atoms with van der Waals surface area (Å²) in [6.45, 7) is 14.6. The van der Waals surface area contributed by atoms with Crippen LogP contribution in [0, 0.1) is 13.2 Å². The van der Waals surface area contributed by atoms with E-state index in [0.29, 0.717) is 18.1 Å². The third-order valence-electron chi connectivity index (χ3n) is 1.02. The predicted molar refractivity (Wildman–Crippen MR) is 52.6 cm³/mol. The van der Waals surface area contributed by atoms with E-state index in [1.54, 1.807) is 6.92 Å². The van der Waals surface area contributed by atoms with Crippen LogP contribution in [-0.2, 0) is 4.74 Å². The van der Waals surface area contributed by atoms with Crippen molar-refractivity contribution < 1.29 is 23.6 Å². The number of rotatable bonds is 5. The summed E-state index contributed by atoms with van der Waals surface area (Å²) in [4.78, 5) is 3.69. The van der Waals surface area contributed by atoms with Crippen molar-refractivity contribution in [1.82, 2.24) is 0 Å². The molecule has 4 heteroatoms. The van der Waals surface area contributed by atoms with Gasteiger partial charge in [0.05, 0.1) is 6.61 Å². The zero-order valence-corrected chi connectivity index (χ0v) is 8.87. The van der Waals surface area contributed by atoms with Crippen molar-refractivity contribution in [3.8, 4) is 0 Å². The minimum atomic E-state index is 0. The van der Waals surface area contributed by atoms with Crippen molar-refractivity contribution in [1.29, 1.82) is 0 Å². The summed E-state index contributed by atoms with van der Waals surface area (Å²) in [5.41, 5.74) is 5.82. The number of hydrogen-bond acceptors (Lipinski definition) is 3. The monoisotopic (exact) mass is 184 g/mol. The van der Waals surface area contributed by atoms with Crippen molar-refractivity contribution in [2.45, 2.75) is 13.8 Å². The number of hydrogen-bond donors (Lipinski definition) is 1. The Balaban J connectivity index is 0. The Bertz CT molecular complexity index is 257. The van der Waals surface area contributed by atoms with E-state index in [0.717, 1.165) is 0 Å². The van der Waals surface area contributed by atoms with Gasteiger partial charge in [-0.25, -0.2) is 0 Å². The van der Waals surface area contributed by atoms with Crippen LogP contribution in [0.4, 0.5) is 0 Å². The number of ether oxygens (including phenoxy) is 1. The Morgan fingerprint density at radius 2 is 2.14 bits per heavy atom. The van der Waals surface area contributed by atoms with Crippen molar-refractivity contribution in [3.63, 3.8) is 0 Å². The van der Waals surface area contributed by atoms with Gasteiger partial charge in [0, 0.05) is 0 Å². The molecule has 0 spiro atoms. The van der Waals surface area contributed by atoms with E-state index >= 15 is 0 Å². The second-order valence-electron chi connectivity index (χ2n) is 2.28. The average Bonchev–Trinajstić information content (AvgIpc) is 2.02. The summed E-state index contributed by atoms with van der Waals surface area (Å²) in [5, 5.41) is 0. The molecule has 3 nitrogen and oxygen atoms in total. The third kappa shape index (κ3) is 7.72. The maximum Gasteiger partial charge on any atom is 1.00 e. The van der Waals surface area contributed by atoms with Gasteiger partial charge < -0.3 is 22.0 Å². The summed E-state index contributed by atoms with van der Waals surface area (Å²) in [6.07, 6.45) is 3.99. The molecule has 0 fully saturated rings. The second kappa shape index (κ2) is 8.68. The zero-order chi connectivity index (χ0) is 10.3. The van der Waals surface area contributed by atoms with E-state index in [1.165, 1.54) is 6.08 Å². The average molecular weight is 184 g/mol. The topological polar surface area (TPSA) is 47.6 Å². The largest absolute Gasteiger partial charge is 1.00 e. The fourth-order valence-corrected chi connectivity index (χ4v) is 0.557. The molecule has 0 unspecified atom stereocenters. The van der Waals surface area contributed by atoms with E-state index in [9.17, 15) is 0 Å². The minimum Gasteiger partial charge on any atom is -0.578 e. The first-order chi connectivity index (χ1) is 6.07. The van der Waals surface area contributed by atoms with Crippen LogP contribution >= 0.6 is 0 Å². The van der Waals surface area contributed by atoms with Crippen LogP contribution in [-0.4, -0.2) is 12.8 Å². The van der Waals surface area contributed by atoms with Crippen LogP contribution in [0.5, 0.6) is 0 Å². The minimum absolute atomic E-state index is 0. The predicted octanol–water partition coefficient (Wildman–Crippen LogP) is -1.53. The van der Waals surface area contributed by atoms with Gasteiger partial charge in [-0.2, -0.15) is 0 Å². The van der Waals surface area contributed by atoms with Gasteiger partial charge >= 0.3 is 18.9 Å². The molecule has 0 saturated carbocycles. The number of nitrogens with zero attached hydrogens (tertiary/aromatic N) is 1. The molecule has 0 radical (unpaired) electrons. The molecule has 0 aromatic carbocycles. The maximum absolute atomic E-state index is 5.32. The van der Waals surface area contributed by atoms with Crippen molar-refractivity contribution >= 4 is 6.21 Å². The molecular weight excluding hydrogens is 171 g/mol. The molecule has 0 aliphatic heterocycles. The second-order valence-corrected chi connectivity index (χ2v) is 2.28. The quantitative estimate of drug-likeness (QED) is 0.185. The van der Waals surface area contributed by atoms with Crippen LogP contribution in [0.2, 0.25) is 0 Å². The van der Waals surface area contributed by atoms with Crippen LogP contribution in [0.1, 0.15) is 13.8 Å². The van der Waals surface area contributed by atoms with Gasteiger partial charge in [-0.15, -0.1) is 18.7 Å². The SMILES string of the molecule is [CH-]=C(C)N=[C-]/C=C(/OCC)C(=[CH-])N.[Li+]. The molecule has 0 aliphatic carbocycles. The Morgan fingerprint density at radius 1 is 1.57 bits per heavy atom. The molecular formula is C10H13LiN2O-2. The molecule has 0 aromatic heterocycles. The van der Waals surface area contributed by atoms with Crippen molar-refractivity contribution in [3.05, 3.63) is 36.4 Å². The van der Waals surface area contributed by atoms with E-state index in [2.05, 4.69) is 11.2 Å². The summed E-state index contributed by atoms with van der Waals surface area (Å²) in [6, 6.07) is 0. The molecule has 0 heterocycles. The maximum atomic E-state index is 5.32. The Hall–Kier alpha value is -0.913. The van der Waals surface area contributed by atoms with Gasteiger partial charge in [-0.3, -0.25) is 12.3 Å². The van der Waals surface area contributed by atoms with E-state index < -0.39 is 0 Å². The standard InChI is InChI=1S/C10H13N2O.Li/c1-5-13-10(9(4)11)6-7-12-8(2)3;/h2,4,6H,5,11H2,1,3H3;/q-3;+1/b10-6+;.